The number of hydrogen-bond donors (Lipinski definition) is 2. The SMILES string of the molecule is CCc1ccc(-c2nc(O)c(C(C)C)c(=O)[nH]2)o1. The standard InChI is InChI=1S/C13H16N2O3/c1-4-8-5-6-9(18-8)11-14-12(16)10(7(2)3)13(17)15-11/h5-7H,4H2,1-3H3,(H2,14,15,16,17). The van der Waals surface area contributed by atoms with Crippen LogP contribution in [0.4, 0.5) is 0 Å². The van der Waals surface area contributed by atoms with E-state index in [-0.39, 0.29) is 23.2 Å². The van der Waals surface area contributed by atoms with E-state index in [4.69, 9.17) is 4.42 Å². The van der Waals surface area contributed by atoms with Gasteiger partial charge in [-0.2, -0.15) is 4.98 Å². The maximum absolute atomic E-state index is 11.9. The second-order valence-corrected chi connectivity index (χ2v) is 4.43. The van der Waals surface area contributed by atoms with Crippen LogP contribution < -0.4 is 5.56 Å². The first-order valence-electron chi connectivity index (χ1n) is 5.95. The van der Waals surface area contributed by atoms with Crippen LogP contribution in [0.15, 0.2) is 21.3 Å². The van der Waals surface area contributed by atoms with Crippen LogP contribution in [0.25, 0.3) is 11.6 Å². The molecule has 0 fully saturated rings. The Morgan fingerprint density at radius 3 is 2.67 bits per heavy atom. The molecule has 2 rings (SSSR count). The van der Waals surface area contributed by atoms with E-state index in [1.165, 1.54) is 0 Å². The fraction of sp³-hybridized carbons (Fsp3) is 0.385. The molecule has 2 aromatic rings. The Bertz CT molecular complexity index is 611. The van der Waals surface area contributed by atoms with E-state index in [2.05, 4.69) is 9.97 Å². The normalized spacial score (nSPS) is 11.1. The molecule has 0 aliphatic carbocycles. The molecule has 0 bridgehead atoms. The van der Waals surface area contributed by atoms with Crippen LogP contribution in [0.5, 0.6) is 5.88 Å². The van der Waals surface area contributed by atoms with Gasteiger partial charge in [0.25, 0.3) is 5.56 Å². The summed E-state index contributed by atoms with van der Waals surface area (Å²) in [5, 5.41) is 9.80. The van der Waals surface area contributed by atoms with Crippen LogP contribution in [-0.2, 0) is 6.42 Å². The number of furan rings is 1. The molecule has 5 heteroatoms. The summed E-state index contributed by atoms with van der Waals surface area (Å²) in [5.41, 5.74) is -0.0389. The van der Waals surface area contributed by atoms with Crippen LogP contribution in [0.1, 0.15) is 38.0 Å². The zero-order chi connectivity index (χ0) is 13.3. The topological polar surface area (TPSA) is 79.1 Å². The molecular weight excluding hydrogens is 232 g/mol. The summed E-state index contributed by atoms with van der Waals surface area (Å²) in [6, 6.07) is 3.55. The summed E-state index contributed by atoms with van der Waals surface area (Å²) in [6.45, 7) is 5.62. The third-order valence-electron chi connectivity index (χ3n) is 2.76. The largest absolute Gasteiger partial charge is 0.493 e. The molecule has 0 aromatic carbocycles. The number of H-pyrrole nitrogens is 1. The van der Waals surface area contributed by atoms with Gasteiger partial charge >= 0.3 is 0 Å². The molecule has 0 saturated heterocycles. The number of nitrogens with zero attached hydrogens (tertiary/aromatic N) is 1. The maximum Gasteiger partial charge on any atom is 0.258 e. The zero-order valence-electron chi connectivity index (χ0n) is 10.7. The number of aromatic amines is 1. The zero-order valence-corrected chi connectivity index (χ0v) is 10.7. The molecule has 0 atom stereocenters. The Balaban J connectivity index is 2.51. The van der Waals surface area contributed by atoms with E-state index >= 15 is 0 Å². The monoisotopic (exact) mass is 248 g/mol. The molecule has 18 heavy (non-hydrogen) atoms. The molecule has 0 amide bonds. The first kappa shape index (κ1) is 12.4. The van der Waals surface area contributed by atoms with Gasteiger partial charge in [-0.1, -0.05) is 20.8 Å². The Hall–Kier alpha value is -2.04. The van der Waals surface area contributed by atoms with Crippen molar-refractivity contribution in [2.24, 2.45) is 0 Å². The predicted octanol–water partition coefficient (Wildman–Crippen LogP) is 2.42. The average Bonchev–Trinajstić information content (AvgIpc) is 2.75. The van der Waals surface area contributed by atoms with Gasteiger partial charge in [0.2, 0.25) is 5.88 Å². The molecule has 0 aliphatic rings. The van der Waals surface area contributed by atoms with Crippen molar-refractivity contribution in [1.29, 1.82) is 0 Å². The Labute approximate surface area is 105 Å². The van der Waals surface area contributed by atoms with E-state index < -0.39 is 0 Å². The highest BCUT2D eigenvalue weighted by Crippen LogP contribution is 2.23. The molecular formula is C13H16N2O3. The highest BCUT2D eigenvalue weighted by atomic mass is 16.3. The van der Waals surface area contributed by atoms with E-state index in [0.717, 1.165) is 12.2 Å². The van der Waals surface area contributed by atoms with Crippen LogP contribution >= 0.6 is 0 Å². The number of aromatic hydroxyl groups is 1. The molecule has 5 nitrogen and oxygen atoms in total. The molecule has 2 N–H and O–H groups in total. The predicted molar refractivity (Wildman–Crippen MR) is 67.7 cm³/mol. The Morgan fingerprint density at radius 2 is 2.17 bits per heavy atom. The summed E-state index contributed by atoms with van der Waals surface area (Å²) < 4.78 is 5.49. The molecule has 2 aromatic heterocycles. The van der Waals surface area contributed by atoms with E-state index in [1.54, 1.807) is 6.07 Å². The lowest BCUT2D eigenvalue weighted by atomic mass is 10.1. The molecule has 2 heterocycles. The molecule has 0 radical (unpaired) electrons. The maximum atomic E-state index is 11.9. The van der Waals surface area contributed by atoms with E-state index in [0.29, 0.717) is 11.3 Å². The third kappa shape index (κ3) is 2.16. The van der Waals surface area contributed by atoms with Gasteiger partial charge in [0.15, 0.2) is 11.6 Å². The van der Waals surface area contributed by atoms with Gasteiger partial charge in [0.1, 0.15) is 5.76 Å². The summed E-state index contributed by atoms with van der Waals surface area (Å²) >= 11 is 0. The summed E-state index contributed by atoms with van der Waals surface area (Å²) in [5.74, 6) is 1.19. The first-order chi connectivity index (χ1) is 8.52. The van der Waals surface area contributed by atoms with E-state index in [9.17, 15) is 9.90 Å². The summed E-state index contributed by atoms with van der Waals surface area (Å²) in [6.07, 6.45) is 0.764. The molecule has 0 saturated carbocycles. The smallest absolute Gasteiger partial charge is 0.258 e. The van der Waals surface area contributed by atoms with Crippen molar-refractivity contribution < 1.29 is 9.52 Å². The average molecular weight is 248 g/mol. The summed E-state index contributed by atoms with van der Waals surface area (Å²) in [7, 11) is 0. The Morgan fingerprint density at radius 1 is 1.44 bits per heavy atom. The van der Waals surface area contributed by atoms with Gasteiger partial charge < -0.3 is 14.5 Å². The highest BCUT2D eigenvalue weighted by molar-refractivity contribution is 5.48. The van der Waals surface area contributed by atoms with Crippen molar-refractivity contribution in [1.82, 2.24) is 9.97 Å². The molecule has 96 valence electrons. The van der Waals surface area contributed by atoms with Gasteiger partial charge in [-0.05, 0) is 18.1 Å². The lowest BCUT2D eigenvalue weighted by Crippen LogP contribution is -2.16. The second kappa shape index (κ2) is 4.68. The minimum atomic E-state index is -0.332. The third-order valence-corrected chi connectivity index (χ3v) is 2.76. The molecule has 0 spiro atoms. The van der Waals surface area contributed by atoms with E-state index in [1.807, 2.05) is 26.8 Å². The second-order valence-electron chi connectivity index (χ2n) is 4.43. The van der Waals surface area contributed by atoms with Crippen LogP contribution in [0.2, 0.25) is 0 Å². The lowest BCUT2D eigenvalue weighted by molar-refractivity contribution is 0.438. The van der Waals surface area contributed by atoms with Crippen molar-refractivity contribution in [2.45, 2.75) is 33.1 Å². The number of aromatic nitrogens is 2. The van der Waals surface area contributed by atoms with Gasteiger partial charge in [-0.3, -0.25) is 4.79 Å². The minimum Gasteiger partial charge on any atom is -0.493 e. The van der Waals surface area contributed by atoms with Gasteiger partial charge in [-0.25, -0.2) is 0 Å². The Kier molecular flexibility index (Phi) is 3.23. The molecule has 0 unspecified atom stereocenters. The number of rotatable bonds is 3. The number of aryl methyl sites for hydroxylation is 1. The quantitative estimate of drug-likeness (QED) is 0.874. The molecule has 0 aliphatic heterocycles. The minimum absolute atomic E-state index is 0.0851. The van der Waals surface area contributed by atoms with Gasteiger partial charge in [-0.15, -0.1) is 0 Å². The van der Waals surface area contributed by atoms with Crippen molar-refractivity contribution in [2.75, 3.05) is 0 Å². The van der Waals surface area contributed by atoms with Crippen LogP contribution in [0, 0.1) is 0 Å². The van der Waals surface area contributed by atoms with Crippen LogP contribution in [0.3, 0.4) is 0 Å². The van der Waals surface area contributed by atoms with Gasteiger partial charge in [0, 0.05) is 6.42 Å². The van der Waals surface area contributed by atoms with Crippen molar-refractivity contribution >= 4 is 0 Å². The fourth-order valence-corrected chi connectivity index (χ4v) is 1.80. The van der Waals surface area contributed by atoms with Gasteiger partial charge in [0.05, 0.1) is 5.56 Å². The first-order valence-corrected chi connectivity index (χ1v) is 5.95. The van der Waals surface area contributed by atoms with Crippen LogP contribution in [-0.4, -0.2) is 15.1 Å². The highest BCUT2D eigenvalue weighted by Gasteiger charge is 2.16. The fourth-order valence-electron chi connectivity index (χ4n) is 1.80. The lowest BCUT2D eigenvalue weighted by Gasteiger charge is -2.06. The van der Waals surface area contributed by atoms with Crippen molar-refractivity contribution in [3.05, 3.63) is 33.8 Å². The van der Waals surface area contributed by atoms with Crippen molar-refractivity contribution in [3.8, 4) is 17.5 Å². The number of hydrogen-bond acceptors (Lipinski definition) is 4. The summed E-state index contributed by atoms with van der Waals surface area (Å²) in [4.78, 5) is 18.5. The number of nitrogens with one attached hydrogen (secondary N) is 1. The van der Waals surface area contributed by atoms with Crippen molar-refractivity contribution in [3.63, 3.8) is 0 Å².